The van der Waals surface area contributed by atoms with Crippen molar-refractivity contribution < 1.29 is 85.1 Å². The summed E-state index contributed by atoms with van der Waals surface area (Å²) in [6.07, 6.45) is 12.5. The van der Waals surface area contributed by atoms with Crippen LogP contribution in [0.15, 0.2) is 227 Å². The maximum absolute atomic E-state index is 13.3. The molecule has 41 heteroatoms. The van der Waals surface area contributed by atoms with Gasteiger partial charge in [0.15, 0.2) is 0 Å². The van der Waals surface area contributed by atoms with Crippen LogP contribution in [0.5, 0.6) is 46.5 Å². The number of rotatable bonds is 26. The van der Waals surface area contributed by atoms with E-state index in [4.69, 9.17) is 55.6 Å². The van der Waals surface area contributed by atoms with Gasteiger partial charge in [0.1, 0.15) is 71.9 Å². The van der Waals surface area contributed by atoms with E-state index in [1.54, 1.807) is 207 Å². The van der Waals surface area contributed by atoms with Crippen LogP contribution < -0.4 is 63.9 Å². The van der Waals surface area contributed by atoms with Crippen LogP contribution in [-0.2, 0) is 94.7 Å². The summed E-state index contributed by atoms with van der Waals surface area (Å²) in [5.74, 6) is 1.70. The second-order valence-corrected chi connectivity index (χ2v) is 38.0. The Hall–Kier alpha value is -15.8. The molecule has 0 radical (unpaired) electrons. The van der Waals surface area contributed by atoms with Crippen LogP contribution in [0, 0.1) is 27.7 Å². The lowest BCUT2D eigenvalue weighted by Crippen LogP contribution is -2.48. The molecule has 0 fully saturated rings. The van der Waals surface area contributed by atoms with Crippen LogP contribution in [0.3, 0.4) is 0 Å². The van der Waals surface area contributed by atoms with E-state index in [-0.39, 0.29) is 44.3 Å². The number of nitrogens with one attached hydrogen (secondary N) is 1. The number of benzene rings is 4. The van der Waals surface area contributed by atoms with Gasteiger partial charge in [0.2, 0.25) is 34.6 Å². The fraction of sp³-hybridized carbons (Fsp3) is 0.245. The highest BCUT2D eigenvalue weighted by atomic mass is 28.3. The fourth-order valence-electron chi connectivity index (χ4n) is 15.0. The van der Waals surface area contributed by atoms with Crippen molar-refractivity contribution in [2.75, 3.05) is 6.61 Å². The number of aromatic amines is 1. The molecule has 4 N–H and O–H groups in total. The number of aromatic nitrogens is 12. The number of fused-ring (bicyclic) bond motifs is 4. The third kappa shape index (κ3) is 21.4. The maximum Gasteiger partial charge on any atom is 0.420 e. The zero-order valence-corrected chi connectivity index (χ0v) is 77.4. The van der Waals surface area contributed by atoms with Crippen LogP contribution >= 0.6 is 0 Å². The number of furan rings is 4. The molecule has 0 aliphatic rings. The molecule has 696 valence electrons. The molecular formula is C94H94B2N12O26Si. The summed E-state index contributed by atoms with van der Waals surface area (Å²) in [7, 11) is 2.33. The second kappa shape index (κ2) is 41.3. The maximum atomic E-state index is 13.3. The summed E-state index contributed by atoms with van der Waals surface area (Å²) in [4.78, 5) is 156. The molecule has 38 nitrogen and oxygen atoms in total. The monoisotopic (exact) mass is 1860 g/mol. The molecule has 0 bridgehead atoms. The van der Waals surface area contributed by atoms with Gasteiger partial charge in [0.25, 0.3) is 11.1 Å². The van der Waals surface area contributed by atoms with Crippen LogP contribution in [0.2, 0.25) is 39.3 Å². The number of hydrogen-bond donors (Lipinski definition) is 4. The summed E-state index contributed by atoms with van der Waals surface area (Å²) in [5, 5.41) is 32.5. The number of ether oxygens (including phenoxy) is 8. The van der Waals surface area contributed by atoms with Gasteiger partial charge in [-0.25, -0.2) is 43.7 Å². The minimum atomic E-state index is -1.31. The van der Waals surface area contributed by atoms with E-state index in [2.05, 4.69) is 44.6 Å². The molecule has 135 heavy (non-hydrogen) atoms. The van der Waals surface area contributed by atoms with Crippen LogP contribution in [0.25, 0.3) is 88.9 Å². The molecular weight excluding hydrogens is 1760 g/mol. The molecule has 16 rings (SSSR count). The topological polar surface area (TPSA) is 477 Å². The average Bonchev–Trinajstić information content (AvgIpc) is 1.18. The Balaban J connectivity index is 0.000000153. The largest absolute Gasteiger partial charge is 0.464 e. The molecule has 0 spiro atoms. The van der Waals surface area contributed by atoms with E-state index in [0.717, 1.165) is 19.6 Å². The molecule has 0 unspecified atom stereocenters. The fourth-order valence-corrected chi connectivity index (χ4v) is 15.7. The van der Waals surface area contributed by atoms with Gasteiger partial charge in [-0.3, -0.25) is 65.8 Å². The number of aliphatic hydroxyl groups is 1. The Bertz CT molecular complexity index is 7630. The van der Waals surface area contributed by atoms with Gasteiger partial charge in [-0.2, -0.15) is 0 Å². The molecule has 12 aromatic heterocycles. The van der Waals surface area contributed by atoms with Crippen molar-refractivity contribution >= 4 is 84.0 Å². The van der Waals surface area contributed by atoms with Gasteiger partial charge in [0.05, 0.1) is 76.0 Å². The molecule has 12 heterocycles. The zero-order valence-electron chi connectivity index (χ0n) is 76.4. The average molecular weight is 1860 g/mol. The highest BCUT2D eigenvalue weighted by Crippen LogP contribution is 2.39. The number of nitrogens with zero attached hydrogens (tertiary/aromatic N) is 11. The Kier molecular flexibility index (Phi) is 29.6. The normalized spacial score (nSPS) is 11.2. The number of pyridine rings is 4. The van der Waals surface area contributed by atoms with E-state index in [9.17, 15) is 67.9 Å². The third-order valence-corrected chi connectivity index (χ3v) is 23.5. The van der Waals surface area contributed by atoms with Crippen molar-refractivity contribution in [1.82, 2.24) is 56.7 Å². The van der Waals surface area contributed by atoms with E-state index < -0.39 is 85.1 Å². The number of aliphatic hydroxyl groups excluding tert-OH is 1. The van der Waals surface area contributed by atoms with Crippen LogP contribution in [-0.4, -0.2) is 119 Å². The second-order valence-electron chi connectivity index (χ2n) is 32.4. The summed E-state index contributed by atoms with van der Waals surface area (Å²) in [5.41, 5.74) is 5.12. The zero-order chi connectivity index (χ0) is 97.3. The SMILES string of the molecule is CB(O)n1c(=O)c(C)c(-c2ccc(Oc3nccc4occc34)cc2CO)n(C)c1=O.CB(O)n1c(=O)c(C)c(-c2ccc(Oc3nccc4occc34)cc2COC(C)=O)n(C)c1=O.CC(=O)OCc1cc(Oc2nccc3occc23)ccc1-c1c(C)c(=O)[nH]c(=O)n1C.CC(=O)OCc1cc(Oc2nccc3occc23)ccc1-c1c(C)c(=O)n(COCC[Si](C)(C)C)c(=O)n1C. The summed E-state index contributed by atoms with van der Waals surface area (Å²) in [6.45, 7) is 19.5. The predicted octanol–water partition coefficient (Wildman–Crippen LogP) is 12.3. The van der Waals surface area contributed by atoms with Gasteiger partial charge >= 0.3 is 54.8 Å². The Morgan fingerprint density at radius 3 is 1.03 bits per heavy atom. The van der Waals surface area contributed by atoms with Crippen molar-refractivity contribution in [3.63, 3.8) is 0 Å². The summed E-state index contributed by atoms with van der Waals surface area (Å²) in [6, 6.07) is 35.0. The number of hydrogen-bond acceptors (Lipinski definition) is 30. The number of H-pyrrole nitrogens is 1. The highest BCUT2D eigenvalue weighted by Gasteiger charge is 2.28. The predicted molar refractivity (Wildman–Crippen MR) is 502 cm³/mol. The molecule has 0 saturated heterocycles. The smallest absolute Gasteiger partial charge is 0.420 e. The first-order valence-electron chi connectivity index (χ1n) is 42.1. The van der Waals surface area contributed by atoms with E-state index in [1.807, 2.05) is 0 Å². The Labute approximate surface area is 768 Å². The molecule has 0 amide bonds. The van der Waals surface area contributed by atoms with Crippen molar-refractivity contribution in [3.05, 3.63) is 299 Å². The lowest BCUT2D eigenvalue weighted by atomic mass is 9.87. The minimum Gasteiger partial charge on any atom is -0.464 e. The summed E-state index contributed by atoms with van der Waals surface area (Å²) >= 11 is 0. The van der Waals surface area contributed by atoms with E-state index >= 15 is 0 Å². The van der Waals surface area contributed by atoms with Crippen molar-refractivity contribution in [2.24, 2.45) is 28.2 Å². The van der Waals surface area contributed by atoms with Gasteiger partial charge < -0.3 is 70.7 Å². The van der Waals surface area contributed by atoms with Crippen LogP contribution in [0.1, 0.15) is 65.3 Å². The van der Waals surface area contributed by atoms with Gasteiger partial charge in [-0.1, -0.05) is 19.6 Å². The van der Waals surface area contributed by atoms with Crippen molar-refractivity contribution in [1.29, 1.82) is 0 Å². The molecule has 0 atom stereocenters. The van der Waals surface area contributed by atoms with E-state index in [0.29, 0.717) is 175 Å². The molecule has 0 aliphatic heterocycles. The Morgan fingerprint density at radius 2 is 0.719 bits per heavy atom. The lowest BCUT2D eigenvalue weighted by molar-refractivity contribution is -0.143. The lowest BCUT2D eigenvalue weighted by Gasteiger charge is -2.19. The van der Waals surface area contributed by atoms with Crippen LogP contribution in [0.4, 0.5) is 0 Å². The third-order valence-electron chi connectivity index (χ3n) is 21.8. The van der Waals surface area contributed by atoms with E-state index in [1.165, 1.54) is 73.0 Å². The number of carbonyl (C=O) groups is 3. The molecule has 16 aromatic rings. The first-order chi connectivity index (χ1) is 64.3. The Morgan fingerprint density at radius 1 is 0.415 bits per heavy atom. The highest BCUT2D eigenvalue weighted by molar-refractivity contribution is 6.76. The van der Waals surface area contributed by atoms with Crippen molar-refractivity contribution in [3.8, 4) is 91.5 Å². The first kappa shape index (κ1) is 96.7. The van der Waals surface area contributed by atoms with Gasteiger partial charge in [-0.05, 0) is 174 Å². The summed E-state index contributed by atoms with van der Waals surface area (Å²) < 4.78 is 74.8. The van der Waals surface area contributed by atoms with Gasteiger partial charge in [0, 0.05) is 150 Å². The quantitative estimate of drug-likeness (QED) is 0.0169. The van der Waals surface area contributed by atoms with Gasteiger partial charge in [-0.15, -0.1) is 0 Å². The molecule has 0 aliphatic carbocycles. The molecule has 4 aromatic carbocycles. The number of carbonyl (C=O) groups excluding carboxylic acids is 3. The first-order valence-corrected chi connectivity index (χ1v) is 45.8. The molecule has 0 saturated carbocycles. The standard InChI is InChI=1S/C28H33N3O7Si.C23H22BN3O7.C22H19N3O6.C21H20BN3O6/c1-18-25(30(3)28(34)31(27(18)33)17-35-13-14-39(4,5)6)22-8-7-21(15-20(22)16-37-19(2)32)38-26-23-10-12-36-24(23)9-11-29-26;1-13-20(26(4)23(30)27(22(13)29)24(3)31)17-6-5-16(11-15(17)12-33-14(2)28)34-21-18-8-10-32-19(18)7-9-25-21;1-12-19(25(3)22(28)24-20(12)27)16-5-4-15(10-14(16)11-30-13(2)26)31-21-17-7-9-29-18(17)6-8-23-21;1-12-18(24(3)21(28)25(20(12)27)22(2)29)15-5-4-14(10-13(15)11-26)31-19-16-7-9-30-17(16)6-8-23-19/h7-12,15H,13-14,16-17H2,1-6H3;5-11,31H,12H2,1-4H3;4-10H,11H2,1-3H3,(H,24,27,28);4-10,26,29H,11H2,1-3H3. The minimum absolute atomic E-state index is 0.0639. The number of esters is 3. The van der Waals surface area contributed by atoms with Crippen molar-refractivity contribution in [2.45, 2.75) is 121 Å².